The summed E-state index contributed by atoms with van der Waals surface area (Å²) in [5.74, 6) is -1.10. The molecule has 8 heteroatoms. The van der Waals surface area contributed by atoms with E-state index in [1.165, 1.54) is 12.1 Å². The Morgan fingerprint density at radius 2 is 2.10 bits per heavy atom. The fraction of sp³-hybridized carbons (Fsp3) is 0.462. The van der Waals surface area contributed by atoms with E-state index < -0.39 is 22.1 Å². The van der Waals surface area contributed by atoms with Gasteiger partial charge in [-0.05, 0) is 24.6 Å². The van der Waals surface area contributed by atoms with Crippen LogP contribution in [0.15, 0.2) is 23.1 Å². The Bertz CT molecular complexity index is 636. The average Bonchev–Trinajstić information content (AvgIpc) is 2.41. The number of carbonyl (C=O) groups is 1. The molecule has 0 aliphatic carbocycles. The summed E-state index contributed by atoms with van der Waals surface area (Å²) in [4.78, 5) is 11.1. The van der Waals surface area contributed by atoms with Crippen LogP contribution in [0.3, 0.4) is 0 Å². The fourth-order valence-electron chi connectivity index (χ4n) is 1.94. The number of benzene rings is 1. The normalized spacial score (nSPS) is 16.5. The summed E-state index contributed by atoms with van der Waals surface area (Å²) in [5.41, 5.74) is -0.189. The Morgan fingerprint density at radius 1 is 1.43 bits per heavy atom. The molecule has 1 aliphatic heterocycles. The summed E-state index contributed by atoms with van der Waals surface area (Å²) in [5, 5.41) is 18.4. The highest BCUT2D eigenvalue weighted by Crippen LogP contribution is 2.27. The highest BCUT2D eigenvalue weighted by Gasteiger charge is 2.36. The van der Waals surface area contributed by atoms with Gasteiger partial charge in [0.25, 0.3) is 0 Å². The second-order valence-electron chi connectivity index (χ2n) is 4.79. The van der Waals surface area contributed by atoms with Gasteiger partial charge in [0.05, 0.1) is 17.6 Å². The number of hydrogen-bond acceptors (Lipinski definition) is 5. The number of hydrogen-bond donors (Lipinski definition) is 2. The van der Waals surface area contributed by atoms with Crippen LogP contribution >= 0.6 is 0 Å². The Balaban J connectivity index is 2.33. The molecule has 1 saturated heterocycles. The molecule has 0 saturated carbocycles. The van der Waals surface area contributed by atoms with Crippen LogP contribution in [0.25, 0.3) is 0 Å². The van der Waals surface area contributed by atoms with E-state index in [-0.39, 0.29) is 29.3 Å². The Labute approximate surface area is 122 Å². The van der Waals surface area contributed by atoms with Gasteiger partial charge in [0.2, 0.25) is 10.0 Å². The molecule has 0 radical (unpaired) electrons. The Morgan fingerprint density at radius 3 is 2.62 bits per heavy atom. The molecule has 1 heterocycles. The van der Waals surface area contributed by atoms with Crippen LogP contribution in [0.2, 0.25) is 0 Å². The molecule has 0 aromatic heterocycles. The summed E-state index contributed by atoms with van der Waals surface area (Å²) < 4.78 is 30.9. The van der Waals surface area contributed by atoms with Gasteiger partial charge in [-0.25, -0.2) is 13.2 Å². The molecule has 7 nitrogen and oxygen atoms in total. The van der Waals surface area contributed by atoms with Gasteiger partial charge < -0.3 is 14.9 Å². The molecule has 1 aliphatic rings. The number of carboxylic acids is 1. The summed E-state index contributed by atoms with van der Waals surface area (Å²) >= 11 is 0. The molecule has 21 heavy (non-hydrogen) atoms. The maximum Gasteiger partial charge on any atom is 0.339 e. The number of ether oxygens (including phenoxy) is 1. The van der Waals surface area contributed by atoms with E-state index in [0.717, 1.165) is 10.4 Å². The van der Waals surface area contributed by atoms with E-state index in [1.54, 1.807) is 0 Å². The molecule has 0 unspecified atom stereocenters. The maximum absolute atomic E-state index is 12.2. The first kappa shape index (κ1) is 15.7. The van der Waals surface area contributed by atoms with Gasteiger partial charge in [-0.2, -0.15) is 4.31 Å². The van der Waals surface area contributed by atoms with Gasteiger partial charge in [-0.1, -0.05) is 6.92 Å². The van der Waals surface area contributed by atoms with Crippen molar-refractivity contribution in [2.45, 2.75) is 24.3 Å². The van der Waals surface area contributed by atoms with Crippen LogP contribution in [0, 0.1) is 0 Å². The molecule has 116 valence electrons. The summed E-state index contributed by atoms with van der Waals surface area (Å²) in [6.07, 6.45) is 0.0518. The molecular formula is C13H17NO6S. The van der Waals surface area contributed by atoms with Crippen molar-refractivity contribution in [1.82, 2.24) is 4.31 Å². The Kier molecular flexibility index (Phi) is 4.50. The third kappa shape index (κ3) is 3.17. The zero-order valence-electron chi connectivity index (χ0n) is 11.5. The van der Waals surface area contributed by atoms with E-state index in [4.69, 9.17) is 4.74 Å². The van der Waals surface area contributed by atoms with Crippen molar-refractivity contribution >= 4 is 16.0 Å². The molecule has 0 spiro atoms. The lowest BCUT2D eigenvalue weighted by Gasteiger charge is -2.34. The summed E-state index contributed by atoms with van der Waals surface area (Å²) in [6, 6.07) is 3.76. The first-order valence-corrected chi connectivity index (χ1v) is 7.98. The Hall–Kier alpha value is -1.64. The van der Waals surface area contributed by atoms with Gasteiger partial charge in [0.15, 0.2) is 0 Å². The van der Waals surface area contributed by atoms with Crippen LogP contribution in [0.4, 0.5) is 0 Å². The predicted octanol–water partition coefficient (Wildman–Crippen LogP) is 0.539. The number of rotatable bonds is 6. The number of β-amino-alcohol motifs (C(OH)–C–C–N with tert-alkyl or cyclic N) is 1. The molecule has 1 fully saturated rings. The molecule has 2 rings (SSSR count). The SMILES string of the molecule is CCCOc1ccc(S(=O)(=O)N2CC(O)C2)cc1C(=O)O. The van der Waals surface area contributed by atoms with Crippen LogP contribution in [0.5, 0.6) is 5.75 Å². The molecule has 0 atom stereocenters. The van der Waals surface area contributed by atoms with Gasteiger partial charge >= 0.3 is 5.97 Å². The smallest absolute Gasteiger partial charge is 0.339 e. The standard InChI is InChI=1S/C13H17NO6S/c1-2-5-20-12-4-3-10(6-11(12)13(16)17)21(18,19)14-7-9(15)8-14/h3-4,6,9,15H,2,5,7-8H2,1H3,(H,16,17). The van der Waals surface area contributed by atoms with Crippen molar-refractivity contribution in [3.05, 3.63) is 23.8 Å². The summed E-state index contributed by atoms with van der Waals surface area (Å²) in [6.45, 7) is 2.29. The molecule has 0 amide bonds. The number of nitrogens with zero attached hydrogens (tertiary/aromatic N) is 1. The molecule has 2 N–H and O–H groups in total. The maximum atomic E-state index is 12.2. The quantitative estimate of drug-likeness (QED) is 0.794. The van der Waals surface area contributed by atoms with Gasteiger partial charge in [-0.15, -0.1) is 0 Å². The fourth-order valence-corrected chi connectivity index (χ4v) is 3.48. The van der Waals surface area contributed by atoms with Crippen LogP contribution in [-0.4, -0.2) is 54.7 Å². The molecule has 1 aromatic rings. The lowest BCUT2D eigenvalue weighted by Crippen LogP contribution is -2.53. The minimum absolute atomic E-state index is 0.0266. The number of sulfonamides is 1. The van der Waals surface area contributed by atoms with E-state index >= 15 is 0 Å². The van der Waals surface area contributed by atoms with Crippen molar-refractivity contribution in [1.29, 1.82) is 0 Å². The third-order valence-corrected chi connectivity index (χ3v) is 4.94. The van der Waals surface area contributed by atoms with Gasteiger partial charge in [-0.3, -0.25) is 0 Å². The molecule has 0 bridgehead atoms. The second kappa shape index (κ2) is 6.00. The van der Waals surface area contributed by atoms with Crippen LogP contribution in [-0.2, 0) is 10.0 Å². The predicted molar refractivity (Wildman–Crippen MR) is 74.0 cm³/mol. The molecule has 1 aromatic carbocycles. The van der Waals surface area contributed by atoms with Crippen molar-refractivity contribution in [2.75, 3.05) is 19.7 Å². The van der Waals surface area contributed by atoms with E-state index in [1.807, 2.05) is 6.92 Å². The van der Waals surface area contributed by atoms with Crippen molar-refractivity contribution in [2.24, 2.45) is 0 Å². The van der Waals surface area contributed by atoms with E-state index in [2.05, 4.69) is 0 Å². The number of aromatic carboxylic acids is 1. The first-order valence-electron chi connectivity index (χ1n) is 6.54. The first-order chi connectivity index (χ1) is 9.86. The zero-order valence-corrected chi connectivity index (χ0v) is 12.3. The van der Waals surface area contributed by atoms with E-state index in [0.29, 0.717) is 13.0 Å². The summed E-state index contributed by atoms with van der Waals surface area (Å²) in [7, 11) is -3.77. The van der Waals surface area contributed by atoms with Crippen LogP contribution in [0.1, 0.15) is 23.7 Å². The number of aliphatic hydroxyl groups is 1. The average molecular weight is 315 g/mol. The molecular weight excluding hydrogens is 298 g/mol. The minimum atomic E-state index is -3.77. The van der Waals surface area contributed by atoms with E-state index in [9.17, 15) is 23.4 Å². The number of aliphatic hydroxyl groups excluding tert-OH is 1. The monoisotopic (exact) mass is 315 g/mol. The number of carboxylic acid groups (broad SMARTS) is 1. The second-order valence-corrected chi connectivity index (χ2v) is 6.73. The third-order valence-electron chi connectivity index (χ3n) is 3.11. The topological polar surface area (TPSA) is 104 Å². The largest absolute Gasteiger partial charge is 0.493 e. The van der Waals surface area contributed by atoms with Crippen LogP contribution < -0.4 is 4.74 Å². The van der Waals surface area contributed by atoms with Gasteiger partial charge in [0.1, 0.15) is 11.3 Å². The van der Waals surface area contributed by atoms with Gasteiger partial charge in [0, 0.05) is 13.1 Å². The lowest BCUT2D eigenvalue weighted by atomic mass is 10.2. The highest BCUT2D eigenvalue weighted by molar-refractivity contribution is 7.89. The van der Waals surface area contributed by atoms with Crippen molar-refractivity contribution in [3.8, 4) is 5.75 Å². The minimum Gasteiger partial charge on any atom is -0.493 e. The van der Waals surface area contributed by atoms with Crippen molar-refractivity contribution in [3.63, 3.8) is 0 Å². The highest BCUT2D eigenvalue weighted by atomic mass is 32.2. The van der Waals surface area contributed by atoms with Crippen molar-refractivity contribution < 1.29 is 28.2 Å². The zero-order chi connectivity index (χ0) is 15.6. The lowest BCUT2D eigenvalue weighted by molar-refractivity contribution is 0.0547.